The summed E-state index contributed by atoms with van der Waals surface area (Å²) >= 11 is 2.08. The lowest BCUT2D eigenvalue weighted by Gasteiger charge is -2.30. The molecule has 3 rings (SSSR count). The molecule has 2 aliphatic heterocycles. The fourth-order valence-electron chi connectivity index (χ4n) is 2.73. The molecule has 5 heteroatoms. The van der Waals surface area contributed by atoms with Gasteiger partial charge in [0.15, 0.2) is 0 Å². The third-order valence-electron chi connectivity index (χ3n) is 3.85. The molecule has 4 nitrogen and oxygen atoms in total. The molecule has 1 fully saturated rings. The van der Waals surface area contributed by atoms with Crippen molar-refractivity contribution >= 4 is 11.8 Å². The number of hydrogen-bond acceptors (Lipinski definition) is 4. The minimum atomic E-state index is 0.557. The van der Waals surface area contributed by atoms with E-state index in [1.807, 2.05) is 6.33 Å². The van der Waals surface area contributed by atoms with E-state index in [1.165, 1.54) is 29.3 Å². The highest BCUT2D eigenvalue weighted by molar-refractivity contribution is 7.99. The number of imidazole rings is 1. The first kappa shape index (κ1) is 11.6. The molecule has 0 radical (unpaired) electrons. The summed E-state index contributed by atoms with van der Waals surface area (Å²) in [6.07, 6.45) is 4.22. The highest BCUT2D eigenvalue weighted by Gasteiger charge is 2.25. The zero-order valence-electron chi connectivity index (χ0n) is 10.3. The van der Waals surface area contributed by atoms with Crippen molar-refractivity contribution < 1.29 is 0 Å². The number of rotatable bonds is 3. The highest BCUT2D eigenvalue weighted by Crippen LogP contribution is 2.22. The van der Waals surface area contributed by atoms with Crippen LogP contribution in [0.15, 0.2) is 6.33 Å². The van der Waals surface area contributed by atoms with E-state index in [0.717, 1.165) is 25.6 Å². The van der Waals surface area contributed by atoms with E-state index in [1.54, 1.807) is 0 Å². The van der Waals surface area contributed by atoms with Crippen LogP contribution < -0.4 is 5.32 Å². The molecule has 0 aliphatic carbocycles. The smallest absolute Gasteiger partial charge is 0.0925 e. The van der Waals surface area contributed by atoms with Gasteiger partial charge in [-0.05, 0) is 19.2 Å². The lowest BCUT2D eigenvalue weighted by molar-refractivity contribution is 0.226. The molecule has 1 aromatic heterocycles. The number of thioether (sulfide) groups is 1. The average molecular weight is 252 g/mol. The maximum Gasteiger partial charge on any atom is 0.0925 e. The third kappa shape index (κ3) is 2.51. The Labute approximate surface area is 107 Å². The maximum atomic E-state index is 4.39. The summed E-state index contributed by atoms with van der Waals surface area (Å²) < 4.78 is 0. The van der Waals surface area contributed by atoms with Gasteiger partial charge in [-0.25, -0.2) is 4.98 Å². The Morgan fingerprint density at radius 2 is 2.53 bits per heavy atom. The van der Waals surface area contributed by atoms with Crippen LogP contribution in [-0.2, 0) is 13.0 Å². The van der Waals surface area contributed by atoms with Gasteiger partial charge in [0.25, 0.3) is 0 Å². The topological polar surface area (TPSA) is 44.0 Å². The van der Waals surface area contributed by atoms with Crippen LogP contribution >= 0.6 is 11.8 Å². The van der Waals surface area contributed by atoms with Crippen LogP contribution in [0, 0.1) is 0 Å². The Morgan fingerprint density at radius 3 is 3.35 bits per heavy atom. The molecule has 1 saturated heterocycles. The Kier molecular flexibility index (Phi) is 3.40. The normalized spacial score (nSPS) is 28.6. The van der Waals surface area contributed by atoms with E-state index in [-0.39, 0.29) is 0 Å². The molecule has 1 aromatic rings. The monoisotopic (exact) mass is 252 g/mol. The molecule has 2 aliphatic rings. The molecule has 94 valence electrons. The maximum absolute atomic E-state index is 4.39. The summed E-state index contributed by atoms with van der Waals surface area (Å²) in [6, 6.07) is 1.34. The quantitative estimate of drug-likeness (QED) is 0.837. The minimum absolute atomic E-state index is 0.557. The van der Waals surface area contributed by atoms with E-state index in [4.69, 9.17) is 0 Å². The number of likely N-dealkylation sites (N-methyl/N-ethyl adjacent to an activating group) is 1. The van der Waals surface area contributed by atoms with Gasteiger partial charge < -0.3 is 15.2 Å². The summed E-state index contributed by atoms with van der Waals surface area (Å²) in [4.78, 5) is 10.1. The van der Waals surface area contributed by atoms with Crippen LogP contribution in [0.3, 0.4) is 0 Å². The van der Waals surface area contributed by atoms with Gasteiger partial charge in [-0.3, -0.25) is 0 Å². The van der Waals surface area contributed by atoms with Gasteiger partial charge in [0.2, 0.25) is 0 Å². The molecular formula is C12H20N4S. The van der Waals surface area contributed by atoms with E-state index in [0.29, 0.717) is 6.04 Å². The van der Waals surface area contributed by atoms with E-state index < -0.39 is 0 Å². The van der Waals surface area contributed by atoms with Crippen molar-refractivity contribution in [3.63, 3.8) is 0 Å². The molecule has 0 saturated carbocycles. The lowest BCUT2D eigenvalue weighted by atomic mass is 10.0. The Bertz CT molecular complexity index is 372. The van der Waals surface area contributed by atoms with Crippen molar-refractivity contribution in [2.45, 2.75) is 31.5 Å². The molecular weight excluding hydrogens is 232 g/mol. The standard InChI is InChI=1S/C12H20N4S/c1-16(10-2-3-17-7-10)6-9-4-11-12(5-13-9)15-8-14-11/h8-10,13H,2-7H2,1H3,(H,14,15). The molecule has 0 amide bonds. The number of fused-ring (bicyclic) bond motifs is 1. The molecule has 2 atom stereocenters. The van der Waals surface area contributed by atoms with Crippen molar-refractivity contribution in [1.82, 2.24) is 20.2 Å². The third-order valence-corrected chi connectivity index (χ3v) is 5.00. The Morgan fingerprint density at radius 1 is 1.59 bits per heavy atom. The van der Waals surface area contributed by atoms with Crippen LogP contribution in [0.2, 0.25) is 0 Å². The van der Waals surface area contributed by atoms with Crippen LogP contribution in [0.25, 0.3) is 0 Å². The number of aromatic amines is 1. The van der Waals surface area contributed by atoms with Crippen molar-refractivity contribution in [1.29, 1.82) is 0 Å². The predicted molar refractivity (Wildman–Crippen MR) is 71.3 cm³/mol. The molecule has 0 bridgehead atoms. The molecule has 0 aromatic carbocycles. The highest BCUT2D eigenvalue weighted by atomic mass is 32.2. The van der Waals surface area contributed by atoms with Crippen LogP contribution in [0.4, 0.5) is 0 Å². The summed E-state index contributed by atoms with van der Waals surface area (Å²) in [6.45, 7) is 2.07. The molecule has 17 heavy (non-hydrogen) atoms. The SMILES string of the molecule is CN(CC1Cc2nc[nH]c2CN1)C1CCSC1. The molecule has 2 N–H and O–H groups in total. The Hall–Kier alpha value is -0.520. The van der Waals surface area contributed by atoms with Crippen molar-refractivity contribution in [2.75, 3.05) is 25.1 Å². The van der Waals surface area contributed by atoms with E-state index in [9.17, 15) is 0 Å². The van der Waals surface area contributed by atoms with Crippen LogP contribution in [0.5, 0.6) is 0 Å². The summed E-state index contributed by atoms with van der Waals surface area (Å²) in [5, 5.41) is 3.60. The number of nitrogens with zero attached hydrogens (tertiary/aromatic N) is 2. The van der Waals surface area contributed by atoms with Crippen LogP contribution in [-0.4, -0.2) is 52.0 Å². The van der Waals surface area contributed by atoms with Gasteiger partial charge in [-0.2, -0.15) is 11.8 Å². The predicted octanol–water partition coefficient (Wildman–Crippen LogP) is 0.861. The van der Waals surface area contributed by atoms with Crippen LogP contribution in [0.1, 0.15) is 17.8 Å². The van der Waals surface area contributed by atoms with Gasteiger partial charge in [0.05, 0.1) is 17.7 Å². The molecule has 3 heterocycles. The fourth-order valence-corrected chi connectivity index (χ4v) is 4.02. The first-order valence-electron chi connectivity index (χ1n) is 6.35. The molecule has 0 spiro atoms. The molecule has 2 unspecified atom stereocenters. The lowest BCUT2D eigenvalue weighted by Crippen LogP contribution is -2.46. The van der Waals surface area contributed by atoms with Crippen molar-refractivity contribution in [3.05, 3.63) is 17.7 Å². The Balaban J connectivity index is 1.56. The van der Waals surface area contributed by atoms with Crippen molar-refractivity contribution in [3.8, 4) is 0 Å². The number of aromatic nitrogens is 2. The summed E-state index contributed by atoms with van der Waals surface area (Å²) in [5.74, 6) is 2.63. The van der Waals surface area contributed by atoms with Gasteiger partial charge in [-0.1, -0.05) is 0 Å². The minimum Gasteiger partial charge on any atom is -0.347 e. The second kappa shape index (κ2) is 5.00. The van der Waals surface area contributed by atoms with Gasteiger partial charge in [0.1, 0.15) is 0 Å². The first-order valence-corrected chi connectivity index (χ1v) is 7.51. The fraction of sp³-hybridized carbons (Fsp3) is 0.750. The number of nitrogens with one attached hydrogen (secondary N) is 2. The van der Waals surface area contributed by atoms with E-state index in [2.05, 4.69) is 39.0 Å². The second-order valence-corrected chi connectivity index (χ2v) is 6.22. The summed E-state index contributed by atoms with van der Waals surface area (Å²) in [7, 11) is 2.26. The number of hydrogen-bond donors (Lipinski definition) is 2. The zero-order chi connectivity index (χ0) is 11.7. The largest absolute Gasteiger partial charge is 0.347 e. The first-order chi connectivity index (χ1) is 8.33. The second-order valence-electron chi connectivity index (χ2n) is 5.07. The summed E-state index contributed by atoms with van der Waals surface area (Å²) in [5.41, 5.74) is 2.52. The zero-order valence-corrected chi connectivity index (χ0v) is 11.1. The van der Waals surface area contributed by atoms with Crippen molar-refractivity contribution in [2.24, 2.45) is 0 Å². The van der Waals surface area contributed by atoms with Gasteiger partial charge >= 0.3 is 0 Å². The van der Waals surface area contributed by atoms with Gasteiger partial charge in [0, 0.05) is 37.3 Å². The van der Waals surface area contributed by atoms with E-state index >= 15 is 0 Å². The van der Waals surface area contributed by atoms with Gasteiger partial charge in [-0.15, -0.1) is 0 Å². The average Bonchev–Trinajstić information content (AvgIpc) is 2.99. The number of H-pyrrole nitrogens is 1.